The zero-order valence-electron chi connectivity index (χ0n) is 35.7. The van der Waals surface area contributed by atoms with Crippen molar-refractivity contribution in [3.8, 4) is 12.1 Å². The molecule has 6 aromatic heterocycles. The molecule has 0 atom stereocenters. The van der Waals surface area contributed by atoms with Gasteiger partial charge in [-0.25, -0.2) is 19.7 Å². The summed E-state index contributed by atoms with van der Waals surface area (Å²) >= 11 is 0. The van der Waals surface area contributed by atoms with Gasteiger partial charge in [-0.2, -0.15) is 10.5 Å². The van der Waals surface area contributed by atoms with Crippen LogP contribution in [0.25, 0.3) is 16.9 Å². The number of amidine groups is 1. The fourth-order valence-electron chi connectivity index (χ4n) is 6.17. The topological polar surface area (TPSA) is 280 Å². The number of nitrogens with one attached hydrogen (secondary N) is 2. The Bertz CT molecular complexity index is 3350. The van der Waals surface area contributed by atoms with Crippen LogP contribution in [-0.4, -0.2) is 62.1 Å². The summed E-state index contributed by atoms with van der Waals surface area (Å²) in [6, 6.07) is 36.1. The molecule has 0 spiro atoms. The number of rotatable bonds is 6. The first-order valence-corrected chi connectivity index (χ1v) is 19.8. The van der Waals surface area contributed by atoms with E-state index in [1.54, 1.807) is 82.0 Å². The number of hydrogen-bond acceptors (Lipinski definition) is 11. The van der Waals surface area contributed by atoms with E-state index >= 15 is 0 Å². The zero-order chi connectivity index (χ0) is 47.3. The number of aryl methyl sites for hydroxylation is 3. The Balaban J connectivity index is 0.000000153. The van der Waals surface area contributed by atoms with E-state index in [4.69, 9.17) is 32.3 Å². The summed E-state index contributed by atoms with van der Waals surface area (Å²) in [7, 11) is 0. The SMILES string of the molecule is Cc1ccc(/C(N)=N/O)cc1NC(=O)c1cnc2ccccn12.Cc1ccc(C#N)cc1N.Cc1ccc(C#N)cc1NC(=O)c1cnc2ccccn12.O=C(O)c1cnc2ccccn12. The summed E-state index contributed by atoms with van der Waals surface area (Å²) in [4.78, 5) is 47.8. The van der Waals surface area contributed by atoms with E-state index < -0.39 is 5.97 Å². The highest BCUT2D eigenvalue weighted by molar-refractivity contribution is 6.05. The molecule has 8 N–H and O–H groups in total. The summed E-state index contributed by atoms with van der Waals surface area (Å²) < 4.78 is 4.96. The van der Waals surface area contributed by atoms with E-state index in [1.807, 2.05) is 81.4 Å². The number of carbonyl (C=O) groups excluding carboxylic acids is 2. The highest BCUT2D eigenvalue weighted by Crippen LogP contribution is 2.20. The minimum absolute atomic E-state index is 0.0182. The highest BCUT2D eigenvalue weighted by atomic mass is 16.4. The van der Waals surface area contributed by atoms with Crippen LogP contribution >= 0.6 is 0 Å². The van der Waals surface area contributed by atoms with E-state index in [-0.39, 0.29) is 23.3 Å². The van der Waals surface area contributed by atoms with E-state index in [2.05, 4.69) is 36.8 Å². The third-order valence-corrected chi connectivity index (χ3v) is 9.85. The number of benzene rings is 3. The minimum atomic E-state index is -0.964. The standard InChI is InChI=1S/C16H15N5O2.C16H12N4O.C8H6N2O2.C8H8N2/c1-10-5-6-11(15(17)20-23)8-12(10)19-16(22)13-9-18-14-4-2-3-7-21(13)14;1-11-5-6-12(9-17)8-13(11)19-16(21)14-10-18-15-4-2-3-7-20(14)15;11-8(12)6-5-9-7-3-1-2-4-10(6)7;1-6-2-3-7(5-9)4-8(6)10/h2-9,23H,1H3,(H2,17,20)(H,19,22);2-8,10H,1H3,(H,19,21);1-5H,(H,11,12);2-4H,10H2,1H3. The summed E-state index contributed by atoms with van der Waals surface area (Å²) in [6.07, 6.45) is 9.64. The zero-order valence-corrected chi connectivity index (χ0v) is 35.7. The number of pyridine rings is 3. The molecule has 2 amide bonds. The number of carboxylic acid groups (broad SMARTS) is 1. The summed E-state index contributed by atoms with van der Waals surface area (Å²) in [5.74, 6) is -1.53. The number of fused-ring (bicyclic) bond motifs is 3. The molecule has 0 aliphatic carbocycles. The molecule has 0 aliphatic rings. The van der Waals surface area contributed by atoms with Crippen LogP contribution in [0.4, 0.5) is 17.1 Å². The van der Waals surface area contributed by atoms with Crippen molar-refractivity contribution in [2.75, 3.05) is 16.4 Å². The maximum atomic E-state index is 12.5. The maximum absolute atomic E-state index is 12.5. The van der Waals surface area contributed by atoms with Gasteiger partial charge < -0.3 is 32.4 Å². The lowest BCUT2D eigenvalue weighted by Gasteiger charge is -2.10. The first-order valence-electron chi connectivity index (χ1n) is 19.8. The number of hydrogen-bond donors (Lipinski definition) is 6. The second-order valence-corrected chi connectivity index (χ2v) is 14.3. The molecule has 18 nitrogen and oxygen atoms in total. The number of aromatic nitrogens is 6. The first kappa shape index (κ1) is 45.7. The Hall–Kier alpha value is -9.81. The van der Waals surface area contributed by atoms with Crippen LogP contribution in [0.5, 0.6) is 0 Å². The van der Waals surface area contributed by atoms with Crippen LogP contribution in [0.2, 0.25) is 0 Å². The largest absolute Gasteiger partial charge is 0.477 e. The molecule has 0 aliphatic heterocycles. The molecule has 0 fully saturated rings. The van der Waals surface area contributed by atoms with Crippen molar-refractivity contribution in [3.63, 3.8) is 0 Å². The normalized spacial score (nSPS) is 10.5. The van der Waals surface area contributed by atoms with Gasteiger partial charge in [-0.15, -0.1) is 0 Å². The number of nitrogen functional groups attached to an aromatic ring is 1. The van der Waals surface area contributed by atoms with Gasteiger partial charge in [0.05, 0.1) is 41.9 Å². The third kappa shape index (κ3) is 10.8. The molecule has 0 saturated carbocycles. The van der Waals surface area contributed by atoms with Crippen LogP contribution in [0, 0.1) is 43.4 Å². The third-order valence-electron chi connectivity index (χ3n) is 9.85. The van der Waals surface area contributed by atoms with Crippen molar-refractivity contribution in [2.45, 2.75) is 20.8 Å². The van der Waals surface area contributed by atoms with Crippen LogP contribution in [0.15, 0.2) is 152 Å². The van der Waals surface area contributed by atoms with Gasteiger partial charge in [0, 0.05) is 41.2 Å². The van der Waals surface area contributed by atoms with Gasteiger partial charge in [-0.1, -0.05) is 47.6 Å². The number of nitrogens with zero attached hydrogens (tertiary/aromatic N) is 9. The highest BCUT2D eigenvalue weighted by Gasteiger charge is 2.15. The lowest BCUT2D eigenvalue weighted by molar-refractivity contribution is 0.0688. The fourth-order valence-corrected chi connectivity index (χ4v) is 6.17. The molecule has 18 heteroatoms. The summed E-state index contributed by atoms with van der Waals surface area (Å²) in [6.45, 7) is 5.65. The predicted molar refractivity (Wildman–Crippen MR) is 248 cm³/mol. The van der Waals surface area contributed by atoms with E-state index in [0.717, 1.165) is 16.7 Å². The van der Waals surface area contributed by atoms with Crippen molar-refractivity contribution >= 4 is 57.6 Å². The van der Waals surface area contributed by atoms with Crippen LogP contribution in [-0.2, 0) is 0 Å². The van der Waals surface area contributed by atoms with Gasteiger partial charge in [-0.05, 0) is 104 Å². The smallest absolute Gasteiger partial charge is 0.354 e. The Kier molecular flexibility index (Phi) is 14.4. The maximum Gasteiger partial charge on any atom is 0.354 e. The number of aromatic carboxylic acids is 1. The van der Waals surface area contributed by atoms with Crippen molar-refractivity contribution in [2.24, 2.45) is 10.9 Å². The number of nitriles is 2. The van der Waals surface area contributed by atoms with Crippen LogP contribution < -0.4 is 22.1 Å². The van der Waals surface area contributed by atoms with Crippen LogP contribution in [0.3, 0.4) is 0 Å². The Morgan fingerprint density at radius 1 is 0.606 bits per heavy atom. The van der Waals surface area contributed by atoms with Crippen molar-refractivity contribution in [1.82, 2.24) is 28.2 Å². The van der Waals surface area contributed by atoms with E-state index in [1.165, 1.54) is 23.0 Å². The second-order valence-electron chi connectivity index (χ2n) is 14.3. The average Bonchev–Trinajstić information content (AvgIpc) is 4.09. The van der Waals surface area contributed by atoms with Gasteiger partial charge in [0.1, 0.15) is 28.3 Å². The Morgan fingerprint density at radius 2 is 1.03 bits per heavy atom. The minimum Gasteiger partial charge on any atom is -0.477 e. The molecule has 0 unspecified atom stereocenters. The van der Waals surface area contributed by atoms with Crippen molar-refractivity contribution in [3.05, 3.63) is 197 Å². The molecule has 3 aromatic carbocycles. The Morgan fingerprint density at radius 3 is 1.48 bits per heavy atom. The molecule has 9 rings (SSSR count). The fraction of sp³-hybridized carbons (Fsp3) is 0.0625. The van der Waals surface area contributed by atoms with Crippen molar-refractivity contribution < 1.29 is 24.7 Å². The van der Waals surface area contributed by atoms with Gasteiger partial charge in [-0.3, -0.25) is 22.8 Å². The number of amides is 2. The first-order chi connectivity index (χ1) is 31.8. The van der Waals surface area contributed by atoms with E-state index in [9.17, 15) is 14.4 Å². The molecular formula is C48H41N13O5. The number of anilines is 3. The monoisotopic (exact) mass is 879 g/mol. The van der Waals surface area contributed by atoms with Gasteiger partial charge in [0.25, 0.3) is 11.8 Å². The molecule has 6 heterocycles. The van der Waals surface area contributed by atoms with Gasteiger partial charge in [0.2, 0.25) is 0 Å². The number of oxime groups is 1. The lowest BCUT2D eigenvalue weighted by Crippen LogP contribution is -2.17. The molecule has 9 aromatic rings. The summed E-state index contributed by atoms with van der Waals surface area (Å²) in [5.41, 5.74) is 20.6. The van der Waals surface area contributed by atoms with E-state index in [0.29, 0.717) is 62.1 Å². The molecule has 0 radical (unpaired) electrons. The predicted octanol–water partition coefficient (Wildman–Crippen LogP) is 7.24. The van der Waals surface area contributed by atoms with Gasteiger partial charge in [0.15, 0.2) is 11.5 Å². The molecule has 328 valence electrons. The number of nitrogens with two attached hydrogens (primary N) is 2. The van der Waals surface area contributed by atoms with Gasteiger partial charge >= 0.3 is 5.97 Å². The Labute approximate surface area is 377 Å². The number of carbonyl (C=O) groups is 3. The second kappa shape index (κ2) is 20.8. The molecule has 0 bridgehead atoms. The number of carboxylic acids is 1. The number of imidazole rings is 3. The van der Waals surface area contributed by atoms with Crippen molar-refractivity contribution in [1.29, 1.82) is 10.5 Å². The summed E-state index contributed by atoms with van der Waals surface area (Å²) in [5, 5.41) is 43.5. The quantitative estimate of drug-likeness (QED) is 0.0317. The molecule has 0 saturated heterocycles. The van der Waals surface area contributed by atoms with Crippen LogP contribution in [0.1, 0.15) is 64.8 Å². The lowest BCUT2D eigenvalue weighted by atomic mass is 10.1. The molecule has 66 heavy (non-hydrogen) atoms. The molecular weight excluding hydrogens is 839 g/mol. The average molecular weight is 880 g/mol.